The number of fused-ring (bicyclic) bond motifs is 9. The van der Waals surface area contributed by atoms with Crippen LogP contribution in [0.1, 0.15) is 0 Å². The van der Waals surface area contributed by atoms with Gasteiger partial charge in [-0.3, -0.25) is 0 Å². The number of para-hydroxylation sites is 2. The van der Waals surface area contributed by atoms with E-state index in [4.69, 9.17) is 23.8 Å². The third-order valence-corrected chi connectivity index (χ3v) is 10.1. The van der Waals surface area contributed by atoms with Crippen molar-refractivity contribution in [2.75, 3.05) is 0 Å². The fourth-order valence-electron chi connectivity index (χ4n) is 7.69. The summed E-state index contributed by atoms with van der Waals surface area (Å²) >= 11 is 0. The summed E-state index contributed by atoms with van der Waals surface area (Å²) in [7, 11) is 0. The van der Waals surface area contributed by atoms with Gasteiger partial charge in [-0.25, -0.2) is 15.0 Å². The van der Waals surface area contributed by atoms with Gasteiger partial charge in [-0.15, -0.1) is 0 Å². The van der Waals surface area contributed by atoms with Gasteiger partial charge in [-0.05, 0) is 69.1 Å². The summed E-state index contributed by atoms with van der Waals surface area (Å²) in [5, 5.41) is 8.93. The van der Waals surface area contributed by atoms with Crippen molar-refractivity contribution >= 4 is 65.4 Å². The number of benzene rings is 8. The van der Waals surface area contributed by atoms with Crippen LogP contribution in [0.15, 0.2) is 173 Å². The highest BCUT2D eigenvalue weighted by Gasteiger charge is 2.18. The summed E-state index contributed by atoms with van der Waals surface area (Å²) in [6.45, 7) is 0. The molecule has 0 spiro atoms. The normalized spacial score (nSPS) is 11.8. The number of hydrogen-bond acceptors (Lipinski definition) is 5. The average Bonchev–Trinajstić information content (AvgIpc) is 3.79. The third kappa shape index (κ3) is 4.46. The first-order valence-electron chi connectivity index (χ1n) is 17.3. The zero-order valence-electron chi connectivity index (χ0n) is 27.7. The molecule has 3 aromatic heterocycles. The Balaban J connectivity index is 1.08. The van der Waals surface area contributed by atoms with Crippen molar-refractivity contribution in [1.82, 2.24) is 15.0 Å². The maximum absolute atomic E-state index is 6.22. The SMILES string of the molecule is c1ccc(-c2nc(-c3ccc4c(-c5ccc6ccc7oc8ccccc8c7c6c5)cccc4c3)nc(-c3cccc4oc5ccccc5c34)n2)cc1. The molecule has 0 aliphatic rings. The first-order valence-corrected chi connectivity index (χ1v) is 17.3. The molecule has 0 aliphatic heterocycles. The van der Waals surface area contributed by atoms with Gasteiger partial charge in [-0.2, -0.15) is 0 Å². The van der Waals surface area contributed by atoms with Gasteiger partial charge in [-0.1, -0.05) is 127 Å². The number of furan rings is 2. The lowest BCUT2D eigenvalue weighted by atomic mass is 9.94. The summed E-state index contributed by atoms with van der Waals surface area (Å²) in [6.07, 6.45) is 0. The van der Waals surface area contributed by atoms with Crippen LogP contribution in [-0.2, 0) is 0 Å². The highest BCUT2D eigenvalue weighted by atomic mass is 16.3. The minimum atomic E-state index is 0.601. The molecule has 0 amide bonds. The maximum Gasteiger partial charge on any atom is 0.164 e. The summed E-state index contributed by atoms with van der Waals surface area (Å²) in [6, 6.07) is 56.4. The zero-order valence-corrected chi connectivity index (χ0v) is 27.7. The van der Waals surface area contributed by atoms with Crippen molar-refractivity contribution in [3.05, 3.63) is 164 Å². The van der Waals surface area contributed by atoms with Crippen molar-refractivity contribution in [2.45, 2.75) is 0 Å². The van der Waals surface area contributed by atoms with Crippen molar-refractivity contribution in [2.24, 2.45) is 0 Å². The van der Waals surface area contributed by atoms with E-state index in [-0.39, 0.29) is 0 Å². The monoisotopic (exact) mass is 665 g/mol. The summed E-state index contributed by atoms with van der Waals surface area (Å²) < 4.78 is 12.4. The molecular weight excluding hydrogens is 639 g/mol. The molecule has 52 heavy (non-hydrogen) atoms. The third-order valence-electron chi connectivity index (χ3n) is 10.1. The van der Waals surface area contributed by atoms with Crippen LogP contribution in [0.3, 0.4) is 0 Å². The number of rotatable bonds is 4. The van der Waals surface area contributed by atoms with E-state index in [9.17, 15) is 0 Å². The highest BCUT2D eigenvalue weighted by molar-refractivity contribution is 6.19. The first-order chi connectivity index (χ1) is 25.7. The van der Waals surface area contributed by atoms with E-state index in [1.54, 1.807) is 0 Å². The Morgan fingerprint density at radius 3 is 1.75 bits per heavy atom. The molecule has 0 aliphatic carbocycles. The fraction of sp³-hybridized carbons (Fsp3) is 0. The van der Waals surface area contributed by atoms with Crippen molar-refractivity contribution < 1.29 is 8.83 Å². The van der Waals surface area contributed by atoms with E-state index >= 15 is 0 Å². The second kappa shape index (κ2) is 11.2. The van der Waals surface area contributed by atoms with E-state index in [1.165, 1.54) is 10.8 Å². The van der Waals surface area contributed by atoms with Crippen molar-refractivity contribution in [1.29, 1.82) is 0 Å². The summed E-state index contributed by atoms with van der Waals surface area (Å²) in [5.41, 5.74) is 8.50. The van der Waals surface area contributed by atoms with Gasteiger partial charge in [0.1, 0.15) is 22.3 Å². The Morgan fingerprint density at radius 1 is 0.308 bits per heavy atom. The Labute approximate surface area is 297 Å². The van der Waals surface area contributed by atoms with Gasteiger partial charge in [0.15, 0.2) is 17.5 Å². The van der Waals surface area contributed by atoms with Gasteiger partial charge in [0, 0.05) is 38.2 Å². The predicted octanol–water partition coefficient (Wildman–Crippen LogP) is 12.6. The standard InChI is InChI=1S/C47H27N3O2/c1-2-10-29(11-3-1)45-48-46(50-47(49-45)37-16-9-19-41-43(37)35-13-4-6-17-39(35)51-41)32-22-24-34-30(26-32)12-8-15-33(34)31-21-20-28-23-25-42-44(38(28)27-31)36-14-5-7-18-40(36)52-42/h1-27H. The molecule has 0 saturated carbocycles. The molecule has 5 heteroatoms. The Kier molecular flexibility index (Phi) is 6.18. The first kappa shape index (κ1) is 28.7. The molecule has 0 unspecified atom stereocenters. The summed E-state index contributed by atoms with van der Waals surface area (Å²) in [5.74, 6) is 1.83. The predicted molar refractivity (Wildman–Crippen MR) is 211 cm³/mol. The lowest BCUT2D eigenvalue weighted by molar-refractivity contribution is 0.668. The number of nitrogens with zero attached hydrogens (tertiary/aromatic N) is 3. The minimum Gasteiger partial charge on any atom is -0.456 e. The lowest BCUT2D eigenvalue weighted by Crippen LogP contribution is -2.00. The van der Waals surface area contributed by atoms with Crippen LogP contribution in [0.2, 0.25) is 0 Å². The smallest absolute Gasteiger partial charge is 0.164 e. The van der Waals surface area contributed by atoms with Crippen LogP contribution >= 0.6 is 0 Å². The van der Waals surface area contributed by atoms with Crippen LogP contribution in [0, 0.1) is 0 Å². The highest BCUT2D eigenvalue weighted by Crippen LogP contribution is 2.40. The van der Waals surface area contributed by atoms with Crippen LogP contribution in [-0.4, -0.2) is 15.0 Å². The van der Waals surface area contributed by atoms with Gasteiger partial charge >= 0.3 is 0 Å². The van der Waals surface area contributed by atoms with Crippen molar-refractivity contribution in [3.8, 4) is 45.3 Å². The van der Waals surface area contributed by atoms with Gasteiger partial charge in [0.25, 0.3) is 0 Å². The molecule has 5 nitrogen and oxygen atoms in total. The zero-order chi connectivity index (χ0) is 34.2. The molecule has 11 aromatic rings. The topological polar surface area (TPSA) is 65.0 Å². The molecule has 0 N–H and O–H groups in total. The molecule has 3 heterocycles. The Bertz CT molecular complexity index is 3190. The van der Waals surface area contributed by atoms with Gasteiger partial charge < -0.3 is 8.83 Å². The van der Waals surface area contributed by atoms with Gasteiger partial charge in [0.05, 0.1) is 0 Å². The largest absolute Gasteiger partial charge is 0.456 e. The molecule has 0 saturated heterocycles. The molecule has 0 radical (unpaired) electrons. The Hall–Kier alpha value is -7.11. The molecule has 0 bridgehead atoms. The number of aromatic nitrogens is 3. The average molecular weight is 666 g/mol. The quantitative estimate of drug-likeness (QED) is 0.187. The lowest BCUT2D eigenvalue weighted by Gasteiger charge is -2.12. The van der Waals surface area contributed by atoms with E-state index in [0.29, 0.717) is 17.5 Å². The molecule has 11 rings (SSSR count). The maximum atomic E-state index is 6.22. The van der Waals surface area contributed by atoms with E-state index < -0.39 is 0 Å². The molecule has 0 atom stereocenters. The van der Waals surface area contributed by atoms with Crippen LogP contribution in [0.4, 0.5) is 0 Å². The van der Waals surface area contributed by atoms with Crippen LogP contribution in [0.25, 0.3) is 111 Å². The van der Waals surface area contributed by atoms with Crippen molar-refractivity contribution in [3.63, 3.8) is 0 Å². The second-order valence-corrected chi connectivity index (χ2v) is 13.2. The summed E-state index contributed by atoms with van der Waals surface area (Å²) in [4.78, 5) is 15.2. The van der Waals surface area contributed by atoms with Crippen LogP contribution < -0.4 is 0 Å². The van der Waals surface area contributed by atoms with E-state index in [0.717, 1.165) is 82.5 Å². The molecule has 0 fully saturated rings. The fourth-order valence-corrected chi connectivity index (χ4v) is 7.69. The molecule has 8 aromatic carbocycles. The second-order valence-electron chi connectivity index (χ2n) is 13.2. The number of hydrogen-bond donors (Lipinski definition) is 0. The molecule has 242 valence electrons. The van der Waals surface area contributed by atoms with Gasteiger partial charge in [0.2, 0.25) is 0 Å². The Morgan fingerprint density at radius 2 is 0.923 bits per heavy atom. The van der Waals surface area contributed by atoms with E-state index in [1.807, 2.05) is 72.8 Å². The minimum absolute atomic E-state index is 0.601. The molecular formula is C47H27N3O2. The van der Waals surface area contributed by atoms with E-state index in [2.05, 4.69) is 91.0 Å². The van der Waals surface area contributed by atoms with Crippen LogP contribution in [0.5, 0.6) is 0 Å².